The van der Waals surface area contributed by atoms with E-state index in [1.807, 2.05) is 17.9 Å². The van der Waals surface area contributed by atoms with Crippen LogP contribution in [0.3, 0.4) is 0 Å². The molecular formula is C33H34F5N9O2. The molecule has 0 aliphatic carbocycles. The highest BCUT2D eigenvalue weighted by molar-refractivity contribution is 6.02. The van der Waals surface area contributed by atoms with Gasteiger partial charge in [-0.1, -0.05) is 6.07 Å². The number of alkyl halides is 4. The third-order valence-corrected chi connectivity index (χ3v) is 9.45. The van der Waals surface area contributed by atoms with Gasteiger partial charge in [-0.15, -0.1) is 0 Å². The van der Waals surface area contributed by atoms with Crippen molar-refractivity contribution in [2.75, 3.05) is 44.0 Å². The zero-order chi connectivity index (χ0) is 34.6. The Balaban J connectivity index is 0.000000361. The Bertz CT molecular complexity index is 2030. The van der Waals surface area contributed by atoms with Crippen molar-refractivity contribution in [3.63, 3.8) is 0 Å². The van der Waals surface area contributed by atoms with Crippen LogP contribution < -0.4 is 20.1 Å². The van der Waals surface area contributed by atoms with Gasteiger partial charge in [-0.2, -0.15) is 28.2 Å². The van der Waals surface area contributed by atoms with Gasteiger partial charge in [-0.05, 0) is 57.4 Å². The molecule has 3 atom stereocenters. The molecule has 5 aromatic rings. The summed E-state index contributed by atoms with van der Waals surface area (Å²) in [5, 5.41) is 6.68. The Kier molecular flexibility index (Phi) is 8.37. The van der Waals surface area contributed by atoms with Gasteiger partial charge in [0, 0.05) is 35.3 Å². The van der Waals surface area contributed by atoms with Crippen molar-refractivity contribution in [3.05, 3.63) is 53.1 Å². The first kappa shape index (κ1) is 32.7. The second-order valence-corrected chi connectivity index (χ2v) is 12.4. The van der Waals surface area contributed by atoms with Gasteiger partial charge in [0.25, 0.3) is 0 Å². The lowest BCUT2D eigenvalue weighted by Gasteiger charge is -2.30. The SMILES string of the molecule is COc1nc2c3c(nc(-c4c(C(F)(F)F)c(C)cc5[nH]ncc45)c(F)c3n1)OCCN2C(C)c1cccnc1N.FC1CC2CCCN2C1. The summed E-state index contributed by atoms with van der Waals surface area (Å²) >= 11 is 0. The molecule has 2 saturated heterocycles. The fourth-order valence-electron chi connectivity index (χ4n) is 7.21. The lowest BCUT2D eigenvalue weighted by Crippen LogP contribution is -2.31. The maximum absolute atomic E-state index is 16.5. The van der Waals surface area contributed by atoms with Gasteiger partial charge in [0.15, 0.2) is 5.82 Å². The van der Waals surface area contributed by atoms with Crippen LogP contribution in [-0.2, 0) is 6.18 Å². The van der Waals surface area contributed by atoms with E-state index in [9.17, 15) is 17.6 Å². The minimum atomic E-state index is -4.81. The van der Waals surface area contributed by atoms with Crippen molar-refractivity contribution >= 4 is 33.4 Å². The summed E-state index contributed by atoms with van der Waals surface area (Å²) in [6.45, 7) is 5.36. The van der Waals surface area contributed by atoms with Gasteiger partial charge in [-0.3, -0.25) is 10.00 Å². The molecule has 0 spiro atoms. The molecule has 2 fully saturated rings. The lowest BCUT2D eigenvalue weighted by molar-refractivity contribution is -0.137. The maximum Gasteiger partial charge on any atom is 0.417 e. The molecule has 7 heterocycles. The van der Waals surface area contributed by atoms with E-state index in [-0.39, 0.29) is 52.7 Å². The van der Waals surface area contributed by atoms with E-state index in [1.54, 1.807) is 12.3 Å². The van der Waals surface area contributed by atoms with Gasteiger partial charge in [0.2, 0.25) is 5.88 Å². The number of hydrogen-bond donors (Lipinski definition) is 2. The average molecular weight is 684 g/mol. The van der Waals surface area contributed by atoms with Crippen molar-refractivity contribution in [2.45, 2.75) is 57.5 Å². The molecule has 4 aromatic heterocycles. The smallest absolute Gasteiger partial charge is 0.417 e. The fourth-order valence-corrected chi connectivity index (χ4v) is 7.21. The molecule has 0 bridgehead atoms. The number of halogens is 5. The van der Waals surface area contributed by atoms with Crippen LogP contribution in [0.15, 0.2) is 30.6 Å². The van der Waals surface area contributed by atoms with Crippen LogP contribution >= 0.6 is 0 Å². The molecule has 49 heavy (non-hydrogen) atoms. The van der Waals surface area contributed by atoms with Gasteiger partial charge in [0.1, 0.15) is 41.0 Å². The van der Waals surface area contributed by atoms with Gasteiger partial charge in [0.05, 0.1) is 37.0 Å². The molecule has 11 nitrogen and oxygen atoms in total. The number of aryl methyl sites for hydroxylation is 1. The quantitative estimate of drug-likeness (QED) is 0.212. The molecule has 258 valence electrons. The fraction of sp³-hybridized carbons (Fsp3) is 0.424. The van der Waals surface area contributed by atoms with E-state index < -0.39 is 41.0 Å². The number of aromatic amines is 1. The van der Waals surface area contributed by atoms with E-state index in [4.69, 9.17) is 15.2 Å². The number of ether oxygens (including phenoxy) is 2. The molecule has 3 unspecified atom stereocenters. The number of pyridine rings is 2. The predicted molar refractivity (Wildman–Crippen MR) is 173 cm³/mol. The number of nitrogens with two attached hydrogens (primary N) is 1. The van der Waals surface area contributed by atoms with Crippen molar-refractivity contribution < 1.29 is 31.4 Å². The molecule has 1 aromatic carbocycles. The molecule has 3 aliphatic heterocycles. The number of nitrogen functional groups attached to an aromatic ring is 1. The number of nitrogens with zero attached hydrogens (tertiary/aromatic N) is 7. The number of methoxy groups -OCH3 is 1. The highest BCUT2D eigenvalue weighted by Gasteiger charge is 2.40. The Morgan fingerprint density at radius 3 is 2.73 bits per heavy atom. The van der Waals surface area contributed by atoms with Crippen LogP contribution in [0.1, 0.15) is 48.9 Å². The van der Waals surface area contributed by atoms with Gasteiger partial charge >= 0.3 is 12.2 Å². The van der Waals surface area contributed by atoms with E-state index in [0.717, 1.165) is 13.0 Å². The topological polar surface area (TPSA) is 131 Å². The molecule has 3 aliphatic rings. The minimum Gasteiger partial charge on any atom is -0.475 e. The maximum atomic E-state index is 16.5. The van der Waals surface area contributed by atoms with Crippen LogP contribution in [-0.4, -0.2) is 80.6 Å². The van der Waals surface area contributed by atoms with Crippen molar-refractivity contribution in [1.29, 1.82) is 0 Å². The van der Waals surface area contributed by atoms with Crippen LogP contribution in [0.25, 0.3) is 33.1 Å². The van der Waals surface area contributed by atoms with Crippen LogP contribution in [0.2, 0.25) is 0 Å². The number of anilines is 2. The highest BCUT2D eigenvalue weighted by Crippen LogP contribution is 2.47. The Hall–Kier alpha value is -4.86. The van der Waals surface area contributed by atoms with E-state index >= 15 is 4.39 Å². The number of benzene rings is 1. The molecule has 16 heteroatoms. The van der Waals surface area contributed by atoms with Gasteiger partial charge < -0.3 is 20.1 Å². The molecule has 3 N–H and O–H groups in total. The Labute approximate surface area is 277 Å². The van der Waals surface area contributed by atoms with E-state index in [2.05, 4.69) is 35.0 Å². The zero-order valence-electron chi connectivity index (χ0n) is 27.0. The predicted octanol–water partition coefficient (Wildman–Crippen LogP) is 6.17. The first-order valence-electron chi connectivity index (χ1n) is 15.9. The number of aromatic nitrogens is 6. The van der Waals surface area contributed by atoms with Crippen LogP contribution in [0.5, 0.6) is 11.9 Å². The van der Waals surface area contributed by atoms with Crippen LogP contribution in [0, 0.1) is 12.7 Å². The highest BCUT2D eigenvalue weighted by atomic mass is 19.4. The first-order chi connectivity index (χ1) is 23.5. The number of nitrogens with one attached hydrogen (secondary N) is 1. The molecule has 0 radical (unpaired) electrons. The van der Waals surface area contributed by atoms with E-state index in [0.29, 0.717) is 29.5 Å². The largest absolute Gasteiger partial charge is 0.475 e. The minimum absolute atomic E-state index is 0.0491. The zero-order valence-corrected chi connectivity index (χ0v) is 27.0. The lowest BCUT2D eigenvalue weighted by atomic mass is 9.94. The van der Waals surface area contributed by atoms with E-state index in [1.165, 1.54) is 39.1 Å². The monoisotopic (exact) mass is 683 g/mol. The third kappa shape index (κ3) is 5.81. The van der Waals surface area contributed by atoms with Crippen molar-refractivity contribution in [1.82, 2.24) is 35.0 Å². The summed E-state index contributed by atoms with van der Waals surface area (Å²) in [4.78, 5) is 21.2. The number of hydrogen-bond acceptors (Lipinski definition) is 10. The van der Waals surface area contributed by atoms with Crippen molar-refractivity contribution in [2.24, 2.45) is 0 Å². The molecule has 8 rings (SSSR count). The van der Waals surface area contributed by atoms with Crippen LogP contribution in [0.4, 0.5) is 33.6 Å². The summed E-state index contributed by atoms with van der Waals surface area (Å²) < 4.78 is 83.4. The summed E-state index contributed by atoms with van der Waals surface area (Å²) in [7, 11) is 1.31. The summed E-state index contributed by atoms with van der Waals surface area (Å²) in [6, 6.07) is 4.89. The van der Waals surface area contributed by atoms with Crippen molar-refractivity contribution in [3.8, 4) is 23.1 Å². The second-order valence-electron chi connectivity index (χ2n) is 12.4. The van der Waals surface area contributed by atoms with Gasteiger partial charge in [-0.25, -0.2) is 18.7 Å². The Morgan fingerprint density at radius 2 is 2.00 bits per heavy atom. The summed E-state index contributed by atoms with van der Waals surface area (Å²) in [5.74, 6) is -0.653. The second kappa shape index (κ2) is 12.5. The number of rotatable bonds is 4. The standard InChI is InChI=1S/C26H22F4N8O2.C7H12FN/c1-11-9-15-14(10-33-37-15)16(18(11)26(28,29)30)20-19(27)21-17-23(36-25(35-21)39-3)38(7-8-40-24(17)34-20)12(2)13-5-4-6-32-22(13)31;8-6-4-7-2-1-3-9(7)5-6/h4-6,9-10,12H,7-8H2,1-3H3,(H2,31,32)(H,33,37);6-7H,1-5H2. The average Bonchev–Trinajstić information content (AvgIpc) is 3.76. The number of fused-ring (bicyclic) bond motifs is 2. The molecule has 0 saturated carbocycles. The first-order valence-corrected chi connectivity index (χ1v) is 15.9. The number of H-pyrrole nitrogens is 1. The molecular weight excluding hydrogens is 649 g/mol. The normalized spacial score (nSPS) is 19.7. The Morgan fingerprint density at radius 1 is 1.18 bits per heavy atom. The summed E-state index contributed by atoms with van der Waals surface area (Å²) in [6.07, 6.45) is 0.772. The summed E-state index contributed by atoms with van der Waals surface area (Å²) in [5.41, 5.74) is 4.62. The third-order valence-electron chi connectivity index (χ3n) is 9.45. The molecule has 0 amide bonds.